The van der Waals surface area contributed by atoms with Crippen molar-refractivity contribution in [2.75, 3.05) is 0 Å². The zero-order chi connectivity index (χ0) is 20.2. The number of hydrogen-bond acceptors (Lipinski definition) is 6. The third-order valence-corrected chi connectivity index (χ3v) is 4.76. The van der Waals surface area contributed by atoms with Crippen LogP contribution in [0.25, 0.3) is 22.4 Å². The van der Waals surface area contributed by atoms with E-state index in [1.54, 1.807) is 31.0 Å². The molecule has 3 heterocycles. The second-order valence-electron chi connectivity index (χ2n) is 6.65. The molecule has 1 amide bonds. The van der Waals surface area contributed by atoms with E-state index < -0.39 is 11.8 Å². The third-order valence-electron chi connectivity index (χ3n) is 4.76. The fraction of sp³-hybridized carbons (Fsp3) is 0.0909. The average molecular weight is 382 g/mol. The molecule has 0 bridgehead atoms. The Morgan fingerprint density at radius 1 is 0.828 bits per heavy atom. The summed E-state index contributed by atoms with van der Waals surface area (Å²) in [6.45, 7) is 2.00. The first kappa shape index (κ1) is 18.4. The van der Waals surface area contributed by atoms with Gasteiger partial charge in [-0.15, -0.1) is 0 Å². The van der Waals surface area contributed by atoms with E-state index in [0.717, 1.165) is 39.1 Å². The Labute approximate surface area is 167 Å². The summed E-state index contributed by atoms with van der Waals surface area (Å²) >= 11 is 0. The van der Waals surface area contributed by atoms with E-state index in [4.69, 9.17) is 5.73 Å². The number of aryl methyl sites for hydroxylation is 1. The van der Waals surface area contributed by atoms with Crippen LogP contribution in [0.3, 0.4) is 0 Å². The second kappa shape index (κ2) is 7.93. The SMILES string of the molecule is Cc1cc(C(C(N)=O)c2ccc(-c3ccnnc3)nc2)ccc1-c1ccnnc1. The van der Waals surface area contributed by atoms with Crippen molar-refractivity contribution < 1.29 is 4.79 Å². The molecule has 7 nitrogen and oxygen atoms in total. The van der Waals surface area contributed by atoms with Gasteiger partial charge in [-0.25, -0.2) is 0 Å². The highest BCUT2D eigenvalue weighted by Crippen LogP contribution is 2.30. The number of carbonyl (C=O) groups is 1. The fourth-order valence-corrected chi connectivity index (χ4v) is 3.35. The summed E-state index contributed by atoms with van der Waals surface area (Å²) in [4.78, 5) is 16.8. The molecule has 3 aromatic heterocycles. The Bertz CT molecular complexity index is 1130. The number of amides is 1. The standard InChI is InChI=1S/C22H18N6O/c1-14-10-15(2-4-19(14)16-6-8-25-27-12-16)21(22(23)29)18-3-5-20(24-11-18)17-7-9-26-28-13-17/h2-13,21H,1H3,(H2,23,29). The van der Waals surface area contributed by atoms with Crippen LogP contribution in [0, 0.1) is 6.92 Å². The van der Waals surface area contributed by atoms with Crippen LogP contribution in [0.1, 0.15) is 22.6 Å². The van der Waals surface area contributed by atoms with Crippen LogP contribution in [0.5, 0.6) is 0 Å². The normalized spacial score (nSPS) is 11.8. The maximum absolute atomic E-state index is 12.3. The maximum atomic E-state index is 12.3. The van der Waals surface area contributed by atoms with Gasteiger partial charge in [0.05, 0.1) is 36.4 Å². The largest absolute Gasteiger partial charge is 0.369 e. The van der Waals surface area contributed by atoms with E-state index in [2.05, 4.69) is 25.4 Å². The monoisotopic (exact) mass is 382 g/mol. The first-order valence-electron chi connectivity index (χ1n) is 9.03. The lowest BCUT2D eigenvalue weighted by atomic mass is 9.88. The molecule has 4 rings (SSSR count). The molecule has 29 heavy (non-hydrogen) atoms. The number of pyridine rings is 1. The summed E-state index contributed by atoms with van der Waals surface area (Å²) in [7, 11) is 0. The maximum Gasteiger partial charge on any atom is 0.229 e. The molecule has 2 N–H and O–H groups in total. The van der Waals surface area contributed by atoms with Gasteiger partial charge in [0.2, 0.25) is 5.91 Å². The molecule has 1 aromatic carbocycles. The molecule has 0 aliphatic rings. The first-order valence-corrected chi connectivity index (χ1v) is 9.03. The van der Waals surface area contributed by atoms with E-state index in [9.17, 15) is 4.79 Å². The van der Waals surface area contributed by atoms with Crippen LogP contribution in [0.15, 0.2) is 73.4 Å². The minimum atomic E-state index is -0.588. The quantitative estimate of drug-likeness (QED) is 0.569. The number of nitrogens with zero attached hydrogens (tertiary/aromatic N) is 5. The summed E-state index contributed by atoms with van der Waals surface area (Å²) in [6.07, 6.45) is 8.30. The van der Waals surface area contributed by atoms with Gasteiger partial charge in [0.25, 0.3) is 0 Å². The van der Waals surface area contributed by atoms with Crippen LogP contribution >= 0.6 is 0 Å². The van der Waals surface area contributed by atoms with Crippen molar-refractivity contribution in [3.63, 3.8) is 0 Å². The van der Waals surface area contributed by atoms with Crippen molar-refractivity contribution in [1.29, 1.82) is 0 Å². The van der Waals surface area contributed by atoms with Gasteiger partial charge in [-0.1, -0.05) is 24.3 Å². The number of carbonyl (C=O) groups excluding carboxylic acids is 1. The lowest BCUT2D eigenvalue weighted by Crippen LogP contribution is -2.22. The number of benzene rings is 1. The topological polar surface area (TPSA) is 108 Å². The van der Waals surface area contributed by atoms with Crippen molar-refractivity contribution >= 4 is 5.91 Å². The second-order valence-corrected chi connectivity index (χ2v) is 6.65. The summed E-state index contributed by atoms with van der Waals surface area (Å²) in [5.74, 6) is -1.02. The zero-order valence-electron chi connectivity index (χ0n) is 15.7. The molecule has 0 saturated heterocycles. The third kappa shape index (κ3) is 3.84. The van der Waals surface area contributed by atoms with Crippen molar-refractivity contribution in [1.82, 2.24) is 25.4 Å². The Hall–Kier alpha value is -4.00. The van der Waals surface area contributed by atoms with Gasteiger partial charge in [0, 0.05) is 17.3 Å². The van der Waals surface area contributed by atoms with Gasteiger partial charge in [-0.05, 0) is 47.4 Å². The average Bonchev–Trinajstić information content (AvgIpc) is 2.75. The van der Waals surface area contributed by atoms with Crippen LogP contribution < -0.4 is 5.73 Å². The predicted octanol–water partition coefficient (Wildman–Crippen LogP) is 2.92. The van der Waals surface area contributed by atoms with E-state index in [1.807, 2.05) is 49.4 Å². The molecular formula is C22H18N6O. The highest BCUT2D eigenvalue weighted by Gasteiger charge is 2.21. The van der Waals surface area contributed by atoms with Crippen molar-refractivity contribution in [2.45, 2.75) is 12.8 Å². The predicted molar refractivity (Wildman–Crippen MR) is 109 cm³/mol. The molecule has 0 fully saturated rings. The number of nitrogens with two attached hydrogens (primary N) is 1. The molecule has 0 spiro atoms. The van der Waals surface area contributed by atoms with E-state index in [-0.39, 0.29) is 0 Å². The van der Waals surface area contributed by atoms with Gasteiger partial charge >= 0.3 is 0 Å². The van der Waals surface area contributed by atoms with Crippen LogP contribution in [-0.2, 0) is 4.79 Å². The van der Waals surface area contributed by atoms with E-state index in [1.165, 1.54) is 0 Å². The Morgan fingerprint density at radius 2 is 1.52 bits per heavy atom. The Kier molecular flexibility index (Phi) is 5.03. The van der Waals surface area contributed by atoms with Gasteiger partial charge in [-0.3, -0.25) is 9.78 Å². The van der Waals surface area contributed by atoms with Gasteiger partial charge < -0.3 is 5.73 Å². The van der Waals surface area contributed by atoms with Gasteiger partial charge in [0.15, 0.2) is 0 Å². The van der Waals surface area contributed by atoms with E-state index in [0.29, 0.717) is 0 Å². The van der Waals surface area contributed by atoms with Crippen molar-refractivity contribution in [2.24, 2.45) is 5.73 Å². The number of primary amides is 1. The molecule has 0 radical (unpaired) electrons. The highest BCUT2D eigenvalue weighted by molar-refractivity contribution is 5.86. The van der Waals surface area contributed by atoms with Crippen LogP contribution in [-0.4, -0.2) is 31.3 Å². The summed E-state index contributed by atoms with van der Waals surface area (Å²) in [6, 6.07) is 13.3. The first-order chi connectivity index (χ1) is 14.1. The summed E-state index contributed by atoms with van der Waals surface area (Å²) < 4.78 is 0. The van der Waals surface area contributed by atoms with Gasteiger partial charge in [-0.2, -0.15) is 20.4 Å². The van der Waals surface area contributed by atoms with Crippen LogP contribution in [0.2, 0.25) is 0 Å². The fourth-order valence-electron chi connectivity index (χ4n) is 3.35. The van der Waals surface area contributed by atoms with Gasteiger partial charge in [0.1, 0.15) is 0 Å². The molecule has 142 valence electrons. The minimum Gasteiger partial charge on any atom is -0.369 e. The molecule has 7 heteroatoms. The number of rotatable bonds is 5. The van der Waals surface area contributed by atoms with Crippen LogP contribution in [0.4, 0.5) is 0 Å². The lowest BCUT2D eigenvalue weighted by Gasteiger charge is -2.16. The molecule has 0 saturated carbocycles. The Balaban J connectivity index is 1.68. The zero-order valence-corrected chi connectivity index (χ0v) is 15.7. The van der Waals surface area contributed by atoms with Crippen molar-refractivity contribution in [3.05, 3.63) is 90.1 Å². The molecule has 0 aliphatic carbocycles. The number of hydrogen-bond donors (Lipinski definition) is 1. The van der Waals surface area contributed by atoms with E-state index >= 15 is 0 Å². The highest BCUT2D eigenvalue weighted by atomic mass is 16.1. The summed E-state index contributed by atoms with van der Waals surface area (Å²) in [5.41, 5.74) is 11.9. The lowest BCUT2D eigenvalue weighted by molar-refractivity contribution is -0.118. The molecule has 1 unspecified atom stereocenters. The molecule has 4 aromatic rings. The summed E-state index contributed by atoms with van der Waals surface area (Å²) in [5, 5.41) is 15.4. The molecular weight excluding hydrogens is 364 g/mol. The molecule has 0 aliphatic heterocycles. The van der Waals surface area contributed by atoms with Crippen molar-refractivity contribution in [3.8, 4) is 22.4 Å². The Morgan fingerprint density at radius 3 is 2.07 bits per heavy atom. The minimum absolute atomic E-state index is 0.428. The smallest absolute Gasteiger partial charge is 0.229 e. The molecule has 1 atom stereocenters. The number of aromatic nitrogens is 5.